The smallest absolute Gasteiger partial charge is 0.127 e. The highest BCUT2D eigenvalue weighted by Crippen LogP contribution is 2.15. The summed E-state index contributed by atoms with van der Waals surface area (Å²) >= 11 is 0. The fraction of sp³-hybridized carbons (Fsp3) is 0.364. The van der Waals surface area contributed by atoms with Crippen LogP contribution in [0.5, 0.6) is 5.75 Å². The largest absolute Gasteiger partial charge is 0.550 e. The van der Waals surface area contributed by atoms with E-state index in [9.17, 15) is 9.90 Å². The van der Waals surface area contributed by atoms with Crippen LogP contribution in [-0.2, 0) is 11.3 Å². The van der Waals surface area contributed by atoms with E-state index in [2.05, 4.69) is 0 Å². The third-order valence-corrected chi connectivity index (χ3v) is 2.11. The Hall–Kier alpha value is -1.55. The zero-order valence-corrected chi connectivity index (χ0v) is 8.73. The van der Waals surface area contributed by atoms with Crippen molar-refractivity contribution >= 4 is 5.97 Å². The number of methoxy groups -OCH3 is 1. The lowest BCUT2D eigenvalue weighted by molar-refractivity contribution is -0.670. The van der Waals surface area contributed by atoms with Gasteiger partial charge >= 0.3 is 0 Å². The Morgan fingerprint density at radius 2 is 2.20 bits per heavy atom. The Bertz CT molecular complexity index is 325. The molecule has 2 N–H and O–H groups in total. The summed E-state index contributed by atoms with van der Waals surface area (Å²) in [5.74, 6) is -0.173. The van der Waals surface area contributed by atoms with Crippen molar-refractivity contribution in [2.75, 3.05) is 13.7 Å². The zero-order chi connectivity index (χ0) is 11.1. The molecule has 0 aliphatic rings. The summed E-state index contributed by atoms with van der Waals surface area (Å²) in [5, 5.41) is 12.1. The van der Waals surface area contributed by atoms with Crippen LogP contribution < -0.4 is 15.2 Å². The number of carboxylic acid groups (broad SMARTS) is 1. The fourth-order valence-electron chi connectivity index (χ4n) is 1.35. The Balaban J connectivity index is 2.39. The van der Waals surface area contributed by atoms with Crippen molar-refractivity contribution in [1.82, 2.24) is 0 Å². The topological polar surface area (TPSA) is 66.0 Å². The highest BCUT2D eigenvalue weighted by molar-refractivity contribution is 5.64. The number of hydrogen-bond donors (Lipinski definition) is 1. The number of ether oxygens (including phenoxy) is 1. The molecule has 0 saturated heterocycles. The minimum absolute atomic E-state index is 0.0785. The summed E-state index contributed by atoms with van der Waals surface area (Å²) in [6.07, 6.45) is 0.0785. The van der Waals surface area contributed by atoms with E-state index in [-0.39, 0.29) is 6.42 Å². The van der Waals surface area contributed by atoms with Gasteiger partial charge in [-0.3, -0.25) is 0 Å². The van der Waals surface area contributed by atoms with Gasteiger partial charge in [0.25, 0.3) is 0 Å². The molecule has 15 heavy (non-hydrogen) atoms. The van der Waals surface area contributed by atoms with Gasteiger partial charge in [0.05, 0.1) is 13.7 Å². The number of hydrogen-bond acceptors (Lipinski definition) is 3. The minimum atomic E-state index is -1.01. The van der Waals surface area contributed by atoms with Crippen LogP contribution in [0.4, 0.5) is 0 Å². The average Bonchev–Trinajstić information content (AvgIpc) is 2.24. The first-order chi connectivity index (χ1) is 7.24. The Kier molecular flexibility index (Phi) is 4.63. The molecule has 0 aromatic heterocycles. The second-order valence-corrected chi connectivity index (χ2v) is 3.22. The minimum Gasteiger partial charge on any atom is -0.550 e. The van der Waals surface area contributed by atoms with Gasteiger partial charge < -0.3 is 20.0 Å². The van der Waals surface area contributed by atoms with Crippen LogP contribution in [0.3, 0.4) is 0 Å². The maximum atomic E-state index is 10.2. The Morgan fingerprint density at radius 1 is 1.47 bits per heavy atom. The van der Waals surface area contributed by atoms with E-state index in [0.29, 0.717) is 6.54 Å². The molecule has 1 rings (SSSR count). The van der Waals surface area contributed by atoms with Crippen molar-refractivity contribution in [1.29, 1.82) is 0 Å². The van der Waals surface area contributed by atoms with Crippen LogP contribution in [0.1, 0.15) is 12.0 Å². The second-order valence-electron chi connectivity index (χ2n) is 3.22. The zero-order valence-electron chi connectivity index (χ0n) is 8.73. The quantitative estimate of drug-likeness (QED) is 0.605. The van der Waals surface area contributed by atoms with Crippen molar-refractivity contribution in [2.45, 2.75) is 13.0 Å². The molecule has 0 fully saturated rings. The first-order valence-electron chi connectivity index (χ1n) is 4.87. The molecule has 0 saturated carbocycles. The number of nitrogens with two attached hydrogens (primary N) is 1. The van der Waals surface area contributed by atoms with Crippen LogP contribution in [0, 0.1) is 0 Å². The van der Waals surface area contributed by atoms with E-state index in [1.165, 1.54) is 0 Å². The average molecular weight is 209 g/mol. The molecule has 0 aliphatic carbocycles. The number of para-hydroxylation sites is 1. The summed E-state index contributed by atoms with van der Waals surface area (Å²) in [4.78, 5) is 10.2. The number of aliphatic carboxylic acids is 1. The van der Waals surface area contributed by atoms with E-state index in [0.717, 1.165) is 17.9 Å². The van der Waals surface area contributed by atoms with E-state index >= 15 is 0 Å². The molecule has 4 heteroatoms. The van der Waals surface area contributed by atoms with Gasteiger partial charge in [0, 0.05) is 18.0 Å². The normalized spacial score (nSPS) is 9.93. The summed E-state index contributed by atoms with van der Waals surface area (Å²) in [5.41, 5.74) is 1.07. The Morgan fingerprint density at radius 3 is 2.87 bits per heavy atom. The molecule has 0 aliphatic heterocycles. The molecule has 0 unspecified atom stereocenters. The number of carbonyl (C=O) groups excluding carboxylic acids is 1. The second kappa shape index (κ2) is 6.03. The van der Waals surface area contributed by atoms with Crippen LogP contribution >= 0.6 is 0 Å². The molecular weight excluding hydrogens is 194 g/mol. The lowest BCUT2D eigenvalue weighted by Gasteiger charge is -2.07. The van der Waals surface area contributed by atoms with Crippen LogP contribution in [0.15, 0.2) is 24.3 Å². The van der Waals surface area contributed by atoms with Gasteiger partial charge in [-0.2, -0.15) is 0 Å². The van der Waals surface area contributed by atoms with Gasteiger partial charge in [0.15, 0.2) is 0 Å². The molecular formula is C11H15NO3. The number of carbonyl (C=O) groups is 1. The van der Waals surface area contributed by atoms with Gasteiger partial charge in [0.2, 0.25) is 0 Å². The predicted molar refractivity (Wildman–Crippen MR) is 53.1 cm³/mol. The van der Waals surface area contributed by atoms with Gasteiger partial charge in [-0.15, -0.1) is 0 Å². The molecule has 1 aromatic carbocycles. The van der Waals surface area contributed by atoms with Gasteiger partial charge in [-0.25, -0.2) is 0 Å². The van der Waals surface area contributed by atoms with Crippen molar-refractivity contribution in [3.8, 4) is 5.75 Å². The van der Waals surface area contributed by atoms with Crippen LogP contribution in [0.25, 0.3) is 0 Å². The van der Waals surface area contributed by atoms with E-state index in [1.54, 1.807) is 7.11 Å². The summed E-state index contributed by atoms with van der Waals surface area (Å²) in [7, 11) is 1.63. The van der Waals surface area contributed by atoms with Gasteiger partial charge in [0.1, 0.15) is 12.3 Å². The Labute approximate surface area is 88.9 Å². The summed E-state index contributed by atoms with van der Waals surface area (Å²) in [6, 6.07) is 7.70. The molecule has 82 valence electrons. The first-order valence-corrected chi connectivity index (χ1v) is 4.87. The van der Waals surface area contributed by atoms with Crippen molar-refractivity contribution in [3.63, 3.8) is 0 Å². The third kappa shape index (κ3) is 3.99. The number of rotatable bonds is 6. The van der Waals surface area contributed by atoms with E-state index in [4.69, 9.17) is 4.74 Å². The maximum absolute atomic E-state index is 10.2. The van der Waals surface area contributed by atoms with Crippen LogP contribution in [-0.4, -0.2) is 19.6 Å². The van der Waals surface area contributed by atoms with Crippen molar-refractivity contribution < 1.29 is 20.0 Å². The number of carboxylic acids is 1. The van der Waals surface area contributed by atoms with Crippen LogP contribution in [0.2, 0.25) is 0 Å². The number of benzene rings is 1. The monoisotopic (exact) mass is 209 g/mol. The molecule has 0 amide bonds. The van der Waals surface area contributed by atoms with Gasteiger partial charge in [-0.05, 0) is 12.1 Å². The predicted octanol–water partition coefficient (Wildman–Crippen LogP) is -1.10. The highest BCUT2D eigenvalue weighted by atomic mass is 16.5. The molecule has 0 spiro atoms. The maximum Gasteiger partial charge on any atom is 0.127 e. The standard InChI is InChI=1S/C11H15NO3/c1-15-10-5-3-2-4-9(10)8-12-7-6-11(13)14/h2-5,12H,6-8H2,1H3,(H,13,14). The first kappa shape index (κ1) is 11.5. The molecule has 0 heterocycles. The fourth-order valence-corrected chi connectivity index (χ4v) is 1.35. The molecule has 0 radical (unpaired) electrons. The lowest BCUT2D eigenvalue weighted by Crippen LogP contribution is -2.83. The summed E-state index contributed by atoms with van der Waals surface area (Å²) in [6.45, 7) is 1.25. The molecule has 0 atom stereocenters. The number of quaternary nitrogens is 1. The lowest BCUT2D eigenvalue weighted by atomic mass is 10.2. The van der Waals surface area contributed by atoms with Crippen molar-refractivity contribution in [2.24, 2.45) is 0 Å². The van der Waals surface area contributed by atoms with Gasteiger partial charge in [-0.1, -0.05) is 12.1 Å². The molecule has 1 aromatic rings. The van der Waals surface area contributed by atoms with Crippen molar-refractivity contribution in [3.05, 3.63) is 29.8 Å². The molecule has 0 bridgehead atoms. The van der Waals surface area contributed by atoms with E-state index < -0.39 is 5.97 Å². The third-order valence-electron chi connectivity index (χ3n) is 2.11. The SMILES string of the molecule is COc1ccccc1C[NH2+]CCC(=O)[O-]. The van der Waals surface area contributed by atoms with E-state index in [1.807, 2.05) is 29.6 Å². The molecule has 4 nitrogen and oxygen atoms in total. The summed E-state index contributed by atoms with van der Waals surface area (Å²) < 4.78 is 5.17. The highest BCUT2D eigenvalue weighted by Gasteiger charge is 2.02.